The minimum atomic E-state index is -0.281. The standard InChI is InChI=1S/C16H19FN2O2/c1-2-3-15(20)18-9-13-8-16(21)19(11-13)10-12-4-6-14(17)7-5-12/h2-7,13H,8-11H2,1H3,(H,18,20)/b3-2-/t13-/m1/s1. The second-order valence-corrected chi connectivity index (χ2v) is 5.22. The van der Waals surface area contributed by atoms with Crippen molar-refractivity contribution in [1.82, 2.24) is 10.2 Å². The van der Waals surface area contributed by atoms with E-state index in [1.54, 1.807) is 30.0 Å². The zero-order valence-electron chi connectivity index (χ0n) is 12.0. The fraction of sp³-hybridized carbons (Fsp3) is 0.375. The van der Waals surface area contributed by atoms with Gasteiger partial charge in [0.1, 0.15) is 5.82 Å². The predicted molar refractivity (Wildman–Crippen MR) is 77.7 cm³/mol. The molecule has 1 N–H and O–H groups in total. The maximum atomic E-state index is 12.9. The second kappa shape index (κ2) is 7.02. The van der Waals surface area contributed by atoms with Gasteiger partial charge >= 0.3 is 0 Å². The summed E-state index contributed by atoms with van der Waals surface area (Å²) in [7, 11) is 0. The fourth-order valence-electron chi connectivity index (χ4n) is 2.41. The highest BCUT2D eigenvalue weighted by Crippen LogP contribution is 2.19. The smallest absolute Gasteiger partial charge is 0.243 e. The summed E-state index contributed by atoms with van der Waals surface area (Å²) in [6.45, 7) is 3.38. The Bertz CT molecular complexity index is 540. The molecule has 0 aliphatic carbocycles. The lowest BCUT2D eigenvalue weighted by Gasteiger charge is -2.17. The number of nitrogens with zero attached hydrogens (tertiary/aromatic N) is 1. The van der Waals surface area contributed by atoms with E-state index in [9.17, 15) is 14.0 Å². The van der Waals surface area contributed by atoms with Gasteiger partial charge in [-0.05, 0) is 30.7 Å². The Balaban J connectivity index is 1.85. The van der Waals surface area contributed by atoms with Gasteiger partial charge in [0.2, 0.25) is 11.8 Å². The van der Waals surface area contributed by atoms with Crippen LogP contribution in [0.4, 0.5) is 4.39 Å². The third-order valence-corrected chi connectivity index (χ3v) is 3.46. The summed E-state index contributed by atoms with van der Waals surface area (Å²) < 4.78 is 12.9. The summed E-state index contributed by atoms with van der Waals surface area (Å²) in [5.41, 5.74) is 0.906. The average Bonchev–Trinajstić information content (AvgIpc) is 2.80. The van der Waals surface area contributed by atoms with E-state index in [0.717, 1.165) is 5.56 Å². The molecule has 21 heavy (non-hydrogen) atoms. The Morgan fingerprint density at radius 2 is 2.14 bits per heavy atom. The highest BCUT2D eigenvalue weighted by molar-refractivity contribution is 5.87. The van der Waals surface area contributed by atoms with Gasteiger partial charge in [0.15, 0.2) is 0 Å². The lowest BCUT2D eigenvalue weighted by molar-refractivity contribution is -0.128. The predicted octanol–water partition coefficient (Wildman–Crippen LogP) is 1.87. The van der Waals surface area contributed by atoms with Crippen molar-refractivity contribution in [3.05, 3.63) is 47.8 Å². The molecule has 1 atom stereocenters. The number of likely N-dealkylation sites (tertiary alicyclic amines) is 1. The molecule has 0 radical (unpaired) electrons. The summed E-state index contributed by atoms with van der Waals surface area (Å²) in [5.74, 6) is -0.213. The molecule has 1 heterocycles. The van der Waals surface area contributed by atoms with Crippen LogP contribution in [0, 0.1) is 11.7 Å². The molecule has 1 aliphatic heterocycles. The zero-order chi connectivity index (χ0) is 15.2. The van der Waals surface area contributed by atoms with E-state index < -0.39 is 0 Å². The summed E-state index contributed by atoms with van der Waals surface area (Å²) >= 11 is 0. The van der Waals surface area contributed by atoms with Gasteiger partial charge in [0.05, 0.1) is 0 Å². The number of halogens is 1. The Labute approximate surface area is 123 Å². The van der Waals surface area contributed by atoms with E-state index in [2.05, 4.69) is 5.32 Å². The first kappa shape index (κ1) is 15.2. The van der Waals surface area contributed by atoms with Crippen LogP contribution in [0.25, 0.3) is 0 Å². The molecule has 0 spiro atoms. The molecule has 1 aliphatic rings. The van der Waals surface area contributed by atoms with E-state index in [1.807, 2.05) is 0 Å². The molecule has 1 aromatic rings. The van der Waals surface area contributed by atoms with Crippen LogP contribution < -0.4 is 5.32 Å². The highest BCUT2D eigenvalue weighted by Gasteiger charge is 2.29. The molecule has 0 bridgehead atoms. The van der Waals surface area contributed by atoms with E-state index in [4.69, 9.17) is 0 Å². The van der Waals surface area contributed by atoms with Crippen LogP contribution >= 0.6 is 0 Å². The summed E-state index contributed by atoms with van der Waals surface area (Å²) in [5, 5.41) is 2.78. The number of nitrogens with one attached hydrogen (secondary N) is 1. The third kappa shape index (κ3) is 4.41. The SMILES string of the molecule is C/C=C\C(=O)NC[C@H]1CC(=O)N(Cc2ccc(F)cc2)C1. The monoisotopic (exact) mass is 290 g/mol. The van der Waals surface area contributed by atoms with Crippen LogP contribution in [0.3, 0.4) is 0 Å². The number of carbonyl (C=O) groups excluding carboxylic acids is 2. The molecule has 0 saturated carbocycles. The molecule has 1 aromatic carbocycles. The number of carbonyl (C=O) groups is 2. The molecular formula is C16H19FN2O2. The molecule has 112 valence electrons. The van der Waals surface area contributed by atoms with Gasteiger partial charge in [0.25, 0.3) is 0 Å². The zero-order valence-corrected chi connectivity index (χ0v) is 12.0. The van der Waals surface area contributed by atoms with E-state index >= 15 is 0 Å². The lowest BCUT2D eigenvalue weighted by atomic mass is 10.1. The first-order chi connectivity index (χ1) is 10.1. The van der Waals surface area contributed by atoms with Gasteiger partial charge < -0.3 is 10.2 Å². The number of hydrogen-bond donors (Lipinski definition) is 1. The van der Waals surface area contributed by atoms with Gasteiger partial charge in [-0.1, -0.05) is 18.2 Å². The minimum Gasteiger partial charge on any atom is -0.352 e. The van der Waals surface area contributed by atoms with Crippen molar-refractivity contribution in [3.8, 4) is 0 Å². The number of allylic oxidation sites excluding steroid dienone is 1. The number of benzene rings is 1. The molecule has 1 fully saturated rings. The third-order valence-electron chi connectivity index (χ3n) is 3.46. The highest BCUT2D eigenvalue weighted by atomic mass is 19.1. The van der Waals surface area contributed by atoms with Crippen molar-refractivity contribution >= 4 is 11.8 Å². The summed E-state index contributed by atoms with van der Waals surface area (Å²) in [6.07, 6.45) is 3.58. The van der Waals surface area contributed by atoms with Crippen LogP contribution in [0.1, 0.15) is 18.9 Å². The van der Waals surface area contributed by atoms with Gasteiger partial charge in [0, 0.05) is 32.0 Å². The molecule has 5 heteroatoms. The summed E-state index contributed by atoms with van der Waals surface area (Å²) in [6, 6.07) is 6.16. The maximum Gasteiger partial charge on any atom is 0.243 e. The molecule has 1 saturated heterocycles. The largest absolute Gasteiger partial charge is 0.352 e. The van der Waals surface area contributed by atoms with Crippen molar-refractivity contribution in [2.75, 3.05) is 13.1 Å². The van der Waals surface area contributed by atoms with Crippen molar-refractivity contribution in [2.24, 2.45) is 5.92 Å². The van der Waals surface area contributed by atoms with Gasteiger partial charge in [-0.25, -0.2) is 4.39 Å². The number of amides is 2. The van der Waals surface area contributed by atoms with Crippen LogP contribution in [0.5, 0.6) is 0 Å². The van der Waals surface area contributed by atoms with Gasteiger partial charge in [-0.15, -0.1) is 0 Å². The maximum absolute atomic E-state index is 12.9. The quantitative estimate of drug-likeness (QED) is 0.842. The molecule has 2 amide bonds. The summed E-state index contributed by atoms with van der Waals surface area (Å²) in [4.78, 5) is 25.1. The van der Waals surface area contributed by atoms with Crippen molar-refractivity contribution in [3.63, 3.8) is 0 Å². The number of rotatable bonds is 5. The van der Waals surface area contributed by atoms with Gasteiger partial charge in [-0.3, -0.25) is 9.59 Å². The Morgan fingerprint density at radius 1 is 1.43 bits per heavy atom. The van der Waals surface area contributed by atoms with Crippen LogP contribution in [0.15, 0.2) is 36.4 Å². The molecule has 2 rings (SSSR count). The molecule has 0 aromatic heterocycles. The first-order valence-corrected chi connectivity index (χ1v) is 7.01. The molecule has 4 nitrogen and oxygen atoms in total. The molecule has 0 unspecified atom stereocenters. The Hall–Kier alpha value is -2.17. The van der Waals surface area contributed by atoms with Crippen molar-refractivity contribution < 1.29 is 14.0 Å². The van der Waals surface area contributed by atoms with Crippen LogP contribution in [-0.2, 0) is 16.1 Å². The molecular weight excluding hydrogens is 271 g/mol. The fourth-order valence-corrected chi connectivity index (χ4v) is 2.41. The van der Waals surface area contributed by atoms with Crippen LogP contribution in [-0.4, -0.2) is 29.8 Å². The second-order valence-electron chi connectivity index (χ2n) is 5.22. The topological polar surface area (TPSA) is 49.4 Å². The van der Waals surface area contributed by atoms with Crippen molar-refractivity contribution in [1.29, 1.82) is 0 Å². The Morgan fingerprint density at radius 3 is 2.81 bits per heavy atom. The van der Waals surface area contributed by atoms with Gasteiger partial charge in [-0.2, -0.15) is 0 Å². The lowest BCUT2D eigenvalue weighted by Crippen LogP contribution is -2.30. The van der Waals surface area contributed by atoms with E-state index in [1.165, 1.54) is 18.2 Å². The minimum absolute atomic E-state index is 0.0737. The first-order valence-electron chi connectivity index (χ1n) is 7.01. The normalized spacial score (nSPS) is 18.5. The number of hydrogen-bond acceptors (Lipinski definition) is 2. The Kier molecular flexibility index (Phi) is 5.09. The van der Waals surface area contributed by atoms with Crippen LogP contribution in [0.2, 0.25) is 0 Å². The average molecular weight is 290 g/mol. The van der Waals surface area contributed by atoms with E-state index in [-0.39, 0.29) is 23.5 Å². The van der Waals surface area contributed by atoms with E-state index in [0.29, 0.717) is 26.1 Å². The van der Waals surface area contributed by atoms with Crippen molar-refractivity contribution in [2.45, 2.75) is 19.9 Å².